The Morgan fingerprint density at radius 1 is 0.604 bits per heavy atom. The Morgan fingerprint density at radius 2 is 0.925 bits per heavy atom. The first-order valence-corrected chi connectivity index (χ1v) is 27.9. The Morgan fingerprint density at radius 3 is 1.21 bits per heavy atom. The van der Waals surface area contributed by atoms with Crippen LogP contribution in [-0.4, -0.2) is 91.7 Å². The van der Waals surface area contributed by atoms with Crippen molar-refractivity contribution in [2.45, 2.75) is 150 Å². The molecule has 1 fully saturated rings. The Hall–Kier alpha value is 0.311. The molecule has 1 radical (unpaired) electrons. The summed E-state index contributed by atoms with van der Waals surface area (Å²) in [5, 5.41) is 4.91. The predicted molar refractivity (Wildman–Crippen MR) is 252 cm³/mol. The van der Waals surface area contributed by atoms with Crippen molar-refractivity contribution in [1.82, 2.24) is 0 Å². The van der Waals surface area contributed by atoms with E-state index in [1.165, 1.54) is 12.8 Å². The molecule has 0 unspecified atom stereocenters. The second kappa shape index (κ2) is 26.3. The van der Waals surface area contributed by atoms with Gasteiger partial charge in [0.1, 0.15) is 8.24 Å². The van der Waals surface area contributed by atoms with Crippen LogP contribution in [0.15, 0.2) is 77.6 Å². The van der Waals surface area contributed by atoms with E-state index in [0.29, 0.717) is 34.0 Å². The molecule has 0 spiro atoms. The minimum Gasteiger partial charge on any atom is -0.722 e. The van der Waals surface area contributed by atoms with Gasteiger partial charge in [-0.2, -0.15) is 0 Å². The summed E-state index contributed by atoms with van der Waals surface area (Å²) in [6.07, 6.45) is 2.56. The third-order valence-electron chi connectivity index (χ3n) is 9.42. The normalized spacial score (nSPS) is 13.0. The fourth-order valence-electron chi connectivity index (χ4n) is 7.73. The molecule has 3 nitrogen and oxygen atoms in total. The number of nitrogens with zero attached hydrogens (tertiary/aromatic N) is 2. The SMILES string of the molecule is C1CCOC1.CC(C)P(c1ccccc1B(c1ccccc1[PH+](C(C)C)C(C)C)c1ccccc1[PH+](C(C)C)C(C)C)C(C)C.C[Si](C)(C)N=[N-].[Fe].[Na]. The van der Waals surface area contributed by atoms with Gasteiger partial charge in [0.25, 0.3) is 6.71 Å². The Bertz CT molecular complexity index is 1280. The van der Waals surface area contributed by atoms with Crippen molar-refractivity contribution in [1.29, 1.82) is 0 Å². The predicted octanol–water partition coefficient (Wildman–Crippen LogP) is 9.70. The van der Waals surface area contributed by atoms with E-state index in [0.717, 1.165) is 13.2 Å². The van der Waals surface area contributed by atoms with Crippen LogP contribution < -0.4 is 32.3 Å². The summed E-state index contributed by atoms with van der Waals surface area (Å²) in [4.78, 5) is 0. The molecule has 0 amide bonds. The summed E-state index contributed by atoms with van der Waals surface area (Å²) in [7, 11) is -3.26. The van der Waals surface area contributed by atoms with E-state index in [9.17, 15) is 0 Å². The number of rotatable bonds is 13. The van der Waals surface area contributed by atoms with E-state index in [2.05, 4.69) is 161 Å². The van der Waals surface area contributed by atoms with E-state index in [4.69, 9.17) is 10.3 Å². The summed E-state index contributed by atoms with van der Waals surface area (Å²) < 4.78 is 8.10. The molecule has 3 aromatic carbocycles. The number of hydrogen-bond donors (Lipinski definition) is 0. The van der Waals surface area contributed by atoms with E-state index in [1.807, 2.05) is 19.6 Å². The average molecular weight is 845 g/mol. The van der Waals surface area contributed by atoms with Gasteiger partial charge in [-0.3, -0.25) is 0 Å². The molecule has 0 aromatic heterocycles. The molecule has 0 saturated carbocycles. The zero-order chi connectivity index (χ0) is 38.5. The van der Waals surface area contributed by atoms with Crippen LogP contribution in [0, 0.1) is 0 Å². The van der Waals surface area contributed by atoms with Crippen LogP contribution in [0.25, 0.3) is 5.53 Å². The fraction of sp³-hybridized carbons (Fsp3) is 0.581. The molecule has 10 heteroatoms. The molecule has 0 aliphatic carbocycles. The van der Waals surface area contributed by atoms with Crippen molar-refractivity contribution in [3.05, 3.63) is 78.3 Å². The maximum absolute atomic E-state index is 8.09. The van der Waals surface area contributed by atoms with Gasteiger partial charge < -0.3 is 15.0 Å². The van der Waals surface area contributed by atoms with Crippen molar-refractivity contribution in [3.8, 4) is 0 Å². The van der Waals surface area contributed by atoms with Crippen LogP contribution in [0.3, 0.4) is 0 Å². The number of benzene rings is 3. The molecule has 1 saturated heterocycles. The Balaban J connectivity index is 0.00000179. The first-order chi connectivity index (χ1) is 23.9. The largest absolute Gasteiger partial charge is 0.722 e. The third kappa shape index (κ3) is 16.6. The van der Waals surface area contributed by atoms with Gasteiger partial charge in [-0.15, -0.1) is 0 Å². The van der Waals surface area contributed by atoms with Gasteiger partial charge in [0, 0.05) is 75.7 Å². The molecule has 53 heavy (non-hydrogen) atoms. The van der Waals surface area contributed by atoms with Gasteiger partial charge >= 0.3 is 0 Å². The second-order valence-electron chi connectivity index (χ2n) is 16.9. The van der Waals surface area contributed by atoms with Crippen molar-refractivity contribution in [2.24, 2.45) is 4.78 Å². The van der Waals surface area contributed by atoms with Crippen LogP contribution in [0.1, 0.15) is 95.9 Å². The van der Waals surface area contributed by atoms with E-state index in [1.54, 1.807) is 32.3 Å². The molecular formula is C43H73BFeN2NaOP3Si+. The van der Waals surface area contributed by atoms with Gasteiger partial charge in [-0.1, -0.05) is 121 Å². The van der Waals surface area contributed by atoms with Gasteiger partial charge in [0.05, 0.1) is 33.2 Å². The van der Waals surface area contributed by atoms with E-state index in [-0.39, 0.29) is 61.3 Å². The van der Waals surface area contributed by atoms with Crippen molar-refractivity contribution in [2.75, 3.05) is 13.2 Å². The summed E-state index contributed by atoms with van der Waals surface area (Å²) >= 11 is 0. The maximum Gasteiger partial charge on any atom is 0.252 e. The first-order valence-electron chi connectivity index (χ1n) is 19.7. The Kier molecular flexibility index (Phi) is 26.5. The van der Waals surface area contributed by atoms with Crippen LogP contribution in [0.2, 0.25) is 19.6 Å². The molecule has 1 aliphatic rings. The van der Waals surface area contributed by atoms with Crippen LogP contribution in [0.4, 0.5) is 0 Å². The van der Waals surface area contributed by atoms with Gasteiger partial charge in [-0.05, 0) is 108 Å². The van der Waals surface area contributed by atoms with Crippen molar-refractivity contribution in [3.63, 3.8) is 0 Å². The van der Waals surface area contributed by atoms with Crippen LogP contribution in [-0.2, 0) is 21.8 Å². The smallest absolute Gasteiger partial charge is 0.252 e. The fourth-order valence-corrected chi connectivity index (χ4v) is 17.7. The van der Waals surface area contributed by atoms with Crippen molar-refractivity contribution < 1.29 is 21.8 Å². The minimum absolute atomic E-state index is 0. The monoisotopic (exact) mass is 844 g/mol. The molecule has 0 N–H and O–H groups in total. The van der Waals surface area contributed by atoms with Crippen LogP contribution in [0.5, 0.6) is 0 Å². The molecule has 3 aromatic rings. The topological polar surface area (TPSA) is 43.9 Å². The van der Waals surface area contributed by atoms with Gasteiger partial charge in [-0.25, -0.2) is 0 Å². The quantitative estimate of drug-likeness (QED) is 0.0961. The van der Waals surface area contributed by atoms with Gasteiger partial charge in [0.15, 0.2) is 0 Å². The number of hydrogen-bond acceptors (Lipinski definition) is 2. The minimum atomic E-state index is -1.45. The number of ether oxygens (including phenoxy) is 1. The summed E-state index contributed by atoms with van der Waals surface area (Å²) in [5.41, 5.74) is 16.8. The van der Waals surface area contributed by atoms with Crippen molar-refractivity contribution >= 4 is 101 Å². The molecule has 0 bridgehead atoms. The van der Waals surface area contributed by atoms with E-state index < -0.39 is 24.1 Å². The van der Waals surface area contributed by atoms with E-state index >= 15 is 0 Å². The average Bonchev–Trinajstić information content (AvgIpc) is 3.63. The molecule has 1 aliphatic heterocycles. The summed E-state index contributed by atoms with van der Waals surface area (Å²) in [6.45, 7) is 37.6. The van der Waals surface area contributed by atoms with Crippen LogP contribution >= 0.6 is 23.8 Å². The standard InChI is InChI=1S/C36H54BP3.C4H8O.C3H9N2Si.Fe.Na/c1-25(2)38(26(3)4)34-22-16-13-19-31(34)37(32-20-14-17-23-35(32)39(27(5)6)28(7)8)33-21-15-18-24-36(33)40(29(9)10)30(11)12;1-2-4-5-3-1;1-6(2,3)5-4;;/h13-30H,1-12H3;1-4H2;1-3H3;;/q;;-1;;/p+2. The summed E-state index contributed by atoms with van der Waals surface area (Å²) in [5.74, 6) is 0. The maximum atomic E-state index is 8.09. The zero-order valence-electron chi connectivity index (χ0n) is 36.4. The molecule has 0 atom stereocenters. The third-order valence-corrected chi connectivity index (χ3v) is 20.3. The first kappa shape index (κ1) is 53.3. The molecule has 1 heterocycles. The zero-order valence-corrected chi connectivity index (χ0v) is 43.4. The summed E-state index contributed by atoms with van der Waals surface area (Å²) in [6, 6.07) is 28.8. The van der Waals surface area contributed by atoms with Gasteiger partial charge in [0.2, 0.25) is 0 Å². The Labute approximate surface area is 365 Å². The molecular weight excluding hydrogens is 771 g/mol. The molecule has 4 rings (SSSR count). The second-order valence-corrected chi connectivity index (χ2v) is 32.3. The molecule has 291 valence electrons.